The van der Waals surface area contributed by atoms with E-state index < -0.39 is 6.17 Å². The van der Waals surface area contributed by atoms with Crippen LogP contribution in [0.15, 0.2) is 0 Å². The van der Waals surface area contributed by atoms with E-state index in [1.165, 1.54) is 12.8 Å². The fraction of sp³-hybridized carbons (Fsp3) is 1.00. The van der Waals surface area contributed by atoms with Crippen molar-refractivity contribution in [3.63, 3.8) is 0 Å². The molecule has 0 aliphatic heterocycles. The molecule has 1 heteroatoms. The maximum Gasteiger partial charge on any atom is 0.100 e. The van der Waals surface area contributed by atoms with Gasteiger partial charge in [-0.15, -0.1) is 0 Å². The van der Waals surface area contributed by atoms with Crippen molar-refractivity contribution >= 4 is 0 Å². The highest BCUT2D eigenvalue weighted by atomic mass is 19.1. The van der Waals surface area contributed by atoms with Crippen molar-refractivity contribution in [1.29, 1.82) is 0 Å². The molecule has 1 unspecified atom stereocenters. The second-order valence-electron chi connectivity index (χ2n) is 2.72. The molecule has 1 aliphatic rings. The third kappa shape index (κ3) is 1.21. The largest absolute Gasteiger partial charge is 0.247 e. The van der Waals surface area contributed by atoms with Crippen molar-refractivity contribution in [1.82, 2.24) is 0 Å². The van der Waals surface area contributed by atoms with Crippen LogP contribution in [0.5, 0.6) is 0 Å². The molecule has 0 nitrogen and oxygen atoms in total. The summed E-state index contributed by atoms with van der Waals surface area (Å²) in [5, 5.41) is 0. The molecule has 0 aromatic rings. The molecule has 1 rings (SSSR count). The molecular formula is C7H13F. The van der Waals surface area contributed by atoms with Gasteiger partial charge in [0.2, 0.25) is 0 Å². The van der Waals surface area contributed by atoms with Gasteiger partial charge in [-0.3, -0.25) is 0 Å². The molecular weight excluding hydrogens is 103 g/mol. The molecule has 0 spiro atoms. The first kappa shape index (κ1) is 6.06. The summed E-state index contributed by atoms with van der Waals surface area (Å²) in [6.07, 6.45) is 4.19. The Morgan fingerprint density at radius 2 is 1.88 bits per heavy atom. The Morgan fingerprint density at radius 3 is 2.12 bits per heavy atom. The second kappa shape index (κ2) is 2.47. The third-order valence-electron chi connectivity index (χ3n) is 2.05. The van der Waals surface area contributed by atoms with Crippen LogP contribution in [0.3, 0.4) is 0 Å². The van der Waals surface area contributed by atoms with Gasteiger partial charge < -0.3 is 0 Å². The van der Waals surface area contributed by atoms with Crippen molar-refractivity contribution in [2.45, 2.75) is 38.8 Å². The van der Waals surface area contributed by atoms with Crippen molar-refractivity contribution in [3.8, 4) is 0 Å². The zero-order chi connectivity index (χ0) is 5.98. The van der Waals surface area contributed by atoms with Gasteiger partial charge in [0.1, 0.15) is 6.17 Å². The van der Waals surface area contributed by atoms with Gasteiger partial charge in [0.15, 0.2) is 0 Å². The zero-order valence-corrected chi connectivity index (χ0v) is 5.36. The summed E-state index contributed by atoms with van der Waals surface area (Å²) in [6.45, 7) is 1.68. The van der Waals surface area contributed by atoms with E-state index in [9.17, 15) is 4.39 Å². The molecule has 0 aromatic carbocycles. The summed E-state index contributed by atoms with van der Waals surface area (Å²) in [5.41, 5.74) is 0. The van der Waals surface area contributed by atoms with Crippen LogP contribution >= 0.6 is 0 Å². The van der Waals surface area contributed by atoms with Crippen molar-refractivity contribution in [3.05, 3.63) is 0 Å². The maximum absolute atomic E-state index is 12.4. The molecule has 1 saturated carbocycles. The molecule has 0 bridgehead atoms. The quantitative estimate of drug-likeness (QED) is 0.494. The normalized spacial score (nSPS) is 26.2. The smallest absolute Gasteiger partial charge is 0.100 e. The minimum absolute atomic E-state index is 0.398. The van der Waals surface area contributed by atoms with Crippen LogP contribution in [0.4, 0.5) is 4.39 Å². The minimum Gasteiger partial charge on any atom is -0.247 e. The van der Waals surface area contributed by atoms with Crippen LogP contribution in [0.2, 0.25) is 0 Å². The standard InChI is InChI=1S/C7H13F/c1-6(8)7-4-2-3-5-7/h6-7H,2-5H2,1H3. The maximum atomic E-state index is 12.4. The summed E-state index contributed by atoms with van der Waals surface area (Å²) in [6, 6.07) is 0. The molecule has 0 heterocycles. The number of rotatable bonds is 1. The van der Waals surface area contributed by atoms with Gasteiger partial charge in [-0.1, -0.05) is 12.8 Å². The van der Waals surface area contributed by atoms with E-state index >= 15 is 0 Å². The summed E-state index contributed by atoms with van der Waals surface area (Å²) in [4.78, 5) is 0. The highest BCUT2D eigenvalue weighted by Gasteiger charge is 2.20. The Bertz CT molecular complexity index is 62.8. The van der Waals surface area contributed by atoms with Gasteiger partial charge in [-0.25, -0.2) is 4.39 Å². The van der Waals surface area contributed by atoms with Gasteiger partial charge in [-0.05, 0) is 25.7 Å². The van der Waals surface area contributed by atoms with Gasteiger partial charge in [-0.2, -0.15) is 0 Å². The SMILES string of the molecule is CC(F)C1CCCC1. The van der Waals surface area contributed by atoms with E-state index in [1.807, 2.05) is 0 Å². The second-order valence-corrected chi connectivity index (χ2v) is 2.72. The van der Waals surface area contributed by atoms with Crippen LogP contribution in [-0.2, 0) is 0 Å². The van der Waals surface area contributed by atoms with Crippen LogP contribution < -0.4 is 0 Å². The van der Waals surface area contributed by atoms with Crippen LogP contribution in [0.25, 0.3) is 0 Å². The number of halogens is 1. The van der Waals surface area contributed by atoms with Crippen molar-refractivity contribution in [2.24, 2.45) is 5.92 Å². The first-order valence-electron chi connectivity index (χ1n) is 3.45. The molecule has 8 heavy (non-hydrogen) atoms. The average Bonchev–Trinajstić information content (AvgIpc) is 2.12. The molecule has 0 radical (unpaired) electrons. The fourth-order valence-corrected chi connectivity index (χ4v) is 1.42. The molecule has 1 fully saturated rings. The number of hydrogen-bond acceptors (Lipinski definition) is 0. The Hall–Kier alpha value is -0.0700. The lowest BCUT2D eigenvalue weighted by atomic mass is 10.0. The van der Waals surface area contributed by atoms with E-state index in [2.05, 4.69) is 0 Å². The van der Waals surface area contributed by atoms with E-state index in [1.54, 1.807) is 6.92 Å². The summed E-state index contributed by atoms with van der Waals surface area (Å²) in [5.74, 6) is 0.398. The summed E-state index contributed by atoms with van der Waals surface area (Å²) in [7, 11) is 0. The van der Waals surface area contributed by atoms with E-state index in [0.717, 1.165) is 12.8 Å². The summed E-state index contributed by atoms with van der Waals surface area (Å²) >= 11 is 0. The van der Waals surface area contributed by atoms with Gasteiger partial charge >= 0.3 is 0 Å². The Kier molecular flexibility index (Phi) is 1.87. The number of hydrogen-bond donors (Lipinski definition) is 0. The average molecular weight is 116 g/mol. The highest BCUT2D eigenvalue weighted by Crippen LogP contribution is 2.28. The predicted octanol–water partition coefficient (Wildman–Crippen LogP) is 2.53. The lowest BCUT2D eigenvalue weighted by Crippen LogP contribution is -2.06. The van der Waals surface area contributed by atoms with Crippen LogP contribution in [0.1, 0.15) is 32.6 Å². The Morgan fingerprint density at radius 1 is 1.38 bits per heavy atom. The minimum atomic E-state index is -0.558. The first-order chi connectivity index (χ1) is 3.80. The topological polar surface area (TPSA) is 0 Å². The first-order valence-corrected chi connectivity index (χ1v) is 3.45. The molecule has 0 aromatic heterocycles. The van der Waals surface area contributed by atoms with E-state index in [4.69, 9.17) is 0 Å². The van der Waals surface area contributed by atoms with Crippen molar-refractivity contribution in [2.75, 3.05) is 0 Å². The summed E-state index contributed by atoms with van der Waals surface area (Å²) < 4.78 is 12.4. The number of alkyl halides is 1. The third-order valence-corrected chi connectivity index (χ3v) is 2.05. The monoisotopic (exact) mass is 116 g/mol. The Labute approximate surface area is 50.1 Å². The lowest BCUT2D eigenvalue weighted by Gasteiger charge is -2.07. The fourth-order valence-electron chi connectivity index (χ4n) is 1.42. The predicted molar refractivity (Wildman–Crippen MR) is 32.5 cm³/mol. The van der Waals surface area contributed by atoms with Gasteiger partial charge in [0.05, 0.1) is 0 Å². The zero-order valence-electron chi connectivity index (χ0n) is 5.36. The highest BCUT2D eigenvalue weighted by molar-refractivity contribution is 4.71. The van der Waals surface area contributed by atoms with Gasteiger partial charge in [0, 0.05) is 0 Å². The van der Waals surface area contributed by atoms with Crippen molar-refractivity contribution < 1.29 is 4.39 Å². The van der Waals surface area contributed by atoms with Crippen LogP contribution in [-0.4, -0.2) is 6.17 Å². The molecule has 0 amide bonds. The lowest BCUT2D eigenvalue weighted by molar-refractivity contribution is 0.253. The molecule has 1 atom stereocenters. The van der Waals surface area contributed by atoms with E-state index in [0.29, 0.717) is 5.92 Å². The van der Waals surface area contributed by atoms with Gasteiger partial charge in [0.25, 0.3) is 0 Å². The Balaban J connectivity index is 2.24. The molecule has 0 N–H and O–H groups in total. The molecule has 1 aliphatic carbocycles. The van der Waals surface area contributed by atoms with E-state index in [-0.39, 0.29) is 0 Å². The van der Waals surface area contributed by atoms with Crippen LogP contribution in [0, 0.1) is 5.92 Å². The molecule has 0 saturated heterocycles. The molecule has 48 valence electrons.